The molecule has 3 aromatic rings. The fourth-order valence-electron chi connectivity index (χ4n) is 2.95. The molecule has 0 atom stereocenters. The highest BCUT2D eigenvalue weighted by Crippen LogP contribution is 2.36. The summed E-state index contributed by atoms with van der Waals surface area (Å²) >= 11 is 1.07. The molecular formula is C16H15N5O4S2. The molecule has 0 aliphatic carbocycles. The van der Waals surface area contributed by atoms with E-state index in [1.54, 1.807) is 22.7 Å². The lowest BCUT2D eigenvalue weighted by molar-refractivity contribution is -0.388. The van der Waals surface area contributed by atoms with E-state index in [9.17, 15) is 18.5 Å². The molecule has 1 aromatic carbocycles. The average Bonchev–Trinajstić information content (AvgIpc) is 3.33. The Morgan fingerprint density at radius 2 is 1.89 bits per heavy atom. The molecule has 3 heterocycles. The minimum atomic E-state index is -3.72. The van der Waals surface area contributed by atoms with Gasteiger partial charge in [0.15, 0.2) is 5.65 Å². The van der Waals surface area contributed by atoms with E-state index in [-0.39, 0.29) is 10.6 Å². The van der Waals surface area contributed by atoms with Crippen molar-refractivity contribution in [3.8, 4) is 0 Å². The van der Waals surface area contributed by atoms with Gasteiger partial charge in [0.1, 0.15) is 0 Å². The zero-order valence-electron chi connectivity index (χ0n) is 14.1. The molecule has 11 heteroatoms. The summed E-state index contributed by atoms with van der Waals surface area (Å²) in [4.78, 5) is 11.2. The van der Waals surface area contributed by atoms with Crippen molar-refractivity contribution in [3.63, 3.8) is 0 Å². The lowest BCUT2D eigenvalue weighted by Crippen LogP contribution is -2.27. The number of sulfonamides is 1. The second-order valence-electron chi connectivity index (χ2n) is 6.01. The van der Waals surface area contributed by atoms with Crippen molar-refractivity contribution in [2.75, 3.05) is 13.1 Å². The Morgan fingerprint density at radius 1 is 1.11 bits per heavy atom. The highest BCUT2D eigenvalue weighted by atomic mass is 32.2. The van der Waals surface area contributed by atoms with Gasteiger partial charge in [-0.2, -0.15) is 4.31 Å². The first kappa shape index (κ1) is 17.9. The maximum atomic E-state index is 12.7. The minimum absolute atomic E-state index is 0.0634. The van der Waals surface area contributed by atoms with Gasteiger partial charge in [-0.15, -0.1) is 10.2 Å². The molecule has 0 unspecified atom stereocenters. The molecular weight excluding hydrogens is 390 g/mol. The van der Waals surface area contributed by atoms with Crippen molar-refractivity contribution in [1.82, 2.24) is 18.9 Å². The van der Waals surface area contributed by atoms with Gasteiger partial charge in [-0.1, -0.05) is 6.07 Å². The summed E-state index contributed by atoms with van der Waals surface area (Å²) in [5, 5.41) is 20.1. The van der Waals surface area contributed by atoms with Gasteiger partial charge >= 0.3 is 0 Å². The highest BCUT2D eigenvalue weighted by Gasteiger charge is 2.29. The summed E-state index contributed by atoms with van der Waals surface area (Å²) < 4.78 is 28.4. The van der Waals surface area contributed by atoms with Crippen LogP contribution in [0.3, 0.4) is 0 Å². The predicted molar refractivity (Wildman–Crippen MR) is 98.2 cm³/mol. The topological polar surface area (TPSA) is 111 Å². The monoisotopic (exact) mass is 405 g/mol. The van der Waals surface area contributed by atoms with Crippen LogP contribution >= 0.6 is 11.8 Å². The Kier molecular flexibility index (Phi) is 4.58. The van der Waals surface area contributed by atoms with Crippen LogP contribution in [0.1, 0.15) is 12.8 Å². The Hall–Kier alpha value is -2.50. The quantitative estimate of drug-likeness (QED) is 0.474. The van der Waals surface area contributed by atoms with Crippen molar-refractivity contribution in [3.05, 3.63) is 52.7 Å². The van der Waals surface area contributed by atoms with E-state index >= 15 is 0 Å². The van der Waals surface area contributed by atoms with Crippen LogP contribution in [-0.2, 0) is 10.0 Å². The number of hydrogen-bond donors (Lipinski definition) is 0. The zero-order valence-corrected chi connectivity index (χ0v) is 15.7. The van der Waals surface area contributed by atoms with E-state index < -0.39 is 14.9 Å². The van der Waals surface area contributed by atoms with Crippen molar-refractivity contribution in [2.24, 2.45) is 0 Å². The summed E-state index contributed by atoms with van der Waals surface area (Å²) in [6, 6.07) is 9.39. The molecule has 1 fully saturated rings. The van der Waals surface area contributed by atoms with Gasteiger partial charge < -0.3 is 0 Å². The number of pyridine rings is 1. The molecule has 9 nitrogen and oxygen atoms in total. The fourth-order valence-corrected chi connectivity index (χ4v) is 5.39. The lowest BCUT2D eigenvalue weighted by Gasteiger charge is -2.15. The van der Waals surface area contributed by atoms with Gasteiger partial charge in [-0.05, 0) is 48.9 Å². The Bertz CT molecular complexity index is 1120. The summed E-state index contributed by atoms with van der Waals surface area (Å²) in [6.07, 6.45) is 3.36. The third-order valence-electron chi connectivity index (χ3n) is 4.31. The second kappa shape index (κ2) is 6.91. The van der Waals surface area contributed by atoms with Gasteiger partial charge in [-0.25, -0.2) is 8.42 Å². The highest BCUT2D eigenvalue weighted by molar-refractivity contribution is 7.99. The summed E-state index contributed by atoms with van der Waals surface area (Å²) in [5.74, 6) is 0. The Labute approximate surface area is 159 Å². The molecule has 1 aliphatic heterocycles. The molecule has 0 N–H and O–H groups in total. The third kappa shape index (κ3) is 3.29. The van der Waals surface area contributed by atoms with Crippen molar-refractivity contribution >= 4 is 33.1 Å². The fraction of sp³-hybridized carbons (Fsp3) is 0.250. The molecule has 2 aromatic heterocycles. The third-order valence-corrected chi connectivity index (χ3v) is 7.23. The van der Waals surface area contributed by atoms with Crippen LogP contribution < -0.4 is 0 Å². The number of aromatic nitrogens is 3. The van der Waals surface area contributed by atoms with E-state index in [0.29, 0.717) is 28.8 Å². The lowest BCUT2D eigenvalue weighted by atomic mass is 10.3. The van der Waals surface area contributed by atoms with Gasteiger partial charge in [-0.3, -0.25) is 14.5 Å². The molecule has 1 saturated heterocycles. The van der Waals surface area contributed by atoms with Crippen molar-refractivity contribution in [1.29, 1.82) is 0 Å². The summed E-state index contributed by atoms with van der Waals surface area (Å²) in [5.41, 5.74) is 0.351. The molecule has 140 valence electrons. The molecule has 0 bridgehead atoms. The molecule has 0 spiro atoms. The normalized spacial score (nSPS) is 15.4. The van der Waals surface area contributed by atoms with Gasteiger partial charge in [0.2, 0.25) is 15.2 Å². The van der Waals surface area contributed by atoms with Gasteiger partial charge in [0.25, 0.3) is 5.69 Å². The van der Waals surface area contributed by atoms with Crippen LogP contribution in [0.2, 0.25) is 0 Å². The smallest absolute Gasteiger partial charge is 0.277 e. The molecule has 27 heavy (non-hydrogen) atoms. The van der Waals surface area contributed by atoms with Crippen molar-refractivity contribution in [2.45, 2.75) is 27.8 Å². The van der Waals surface area contributed by atoms with Crippen molar-refractivity contribution < 1.29 is 13.3 Å². The van der Waals surface area contributed by atoms with Gasteiger partial charge in [0.05, 0.1) is 14.7 Å². The number of hydrogen-bond acceptors (Lipinski definition) is 7. The van der Waals surface area contributed by atoms with E-state index in [1.807, 2.05) is 6.07 Å². The number of benzene rings is 1. The SMILES string of the molecule is O=[N+]([O-])c1cc(S(=O)(=O)N2CCCC2)ccc1Sc1nnc2ccccn12. The first-order valence-electron chi connectivity index (χ1n) is 8.23. The number of nitrogens with zero attached hydrogens (tertiary/aromatic N) is 5. The maximum absolute atomic E-state index is 12.7. The summed E-state index contributed by atoms with van der Waals surface area (Å²) in [7, 11) is -3.72. The van der Waals surface area contributed by atoms with Crippen LogP contribution in [-0.4, -0.2) is 45.3 Å². The molecule has 0 saturated carbocycles. The zero-order chi connectivity index (χ0) is 19.0. The maximum Gasteiger partial charge on any atom is 0.284 e. The van der Waals surface area contributed by atoms with E-state index in [2.05, 4.69) is 10.2 Å². The van der Waals surface area contributed by atoms with E-state index in [0.717, 1.165) is 30.7 Å². The Morgan fingerprint density at radius 3 is 2.63 bits per heavy atom. The number of fused-ring (bicyclic) bond motifs is 1. The van der Waals surface area contributed by atoms with Crippen LogP contribution in [0, 0.1) is 10.1 Å². The predicted octanol–water partition coefficient (Wildman–Crippen LogP) is 2.57. The largest absolute Gasteiger partial charge is 0.284 e. The van der Waals surface area contributed by atoms with E-state index in [4.69, 9.17) is 0 Å². The first-order valence-corrected chi connectivity index (χ1v) is 10.5. The van der Waals surface area contributed by atoms with Gasteiger partial charge in [0, 0.05) is 25.4 Å². The Balaban J connectivity index is 1.72. The summed E-state index contributed by atoms with van der Waals surface area (Å²) in [6.45, 7) is 0.886. The second-order valence-corrected chi connectivity index (χ2v) is 8.96. The molecule has 0 amide bonds. The van der Waals surface area contributed by atoms with Crippen LogP contribution in [0.5, 0.6) is 0 Å². The number of nitro benzene ring substituents is 1. The minimum Gasteiger partial charge on any atom is -0.277 e. The van der Waals surface area contributed by atoms with E-state index in [1.165, 1.54) is 16.4 Å². The molecule has 4 rings (SSSR count). The standard InChI is InChI=1S/C16H15N5O4S2/c22-21(23)13-11-12(27(24,25)19-8-3-4-9-19)6-7-14(13)26-16-18-17-15-5-1-2-10-20(15)16/h1-2,5-7,10-11H,3-4,8-9H2. The first-order chi connectivity index (χ1) is 13.0. The van der Waals surface area contributed by atoms with Crippen LogP contribution in [0.15, 0.2) is 57.5 Å². The number of rotatable bonds is 5. The average molecular weight is 405 g/mol. The number of nitro groups is 1. The van der Waals surface area contributed by atoms with Crippen LogP contribution in [0.4, 0.5) is 5.69 Å². The van der Waals surface area contributed by atoms with Crippen LogP contribution in [0.25, 0.3) is 5.65 Å². The molecule has 0 radical (unpaired) electrons. The molecule has 1 aliphatic rings.